The Labute approximate surface area is 124 Å². The molecule has 0 saturated heterocycles. The lowest BCUT2D eigenvalue weighted by Gasteiger charge is -2.57. The number of benzene rings is 1. The van der Waals surface area contributed by atoms with E-state index in [2.05, 4.69) is 10.9 Å². The van der Waals surface area contributed by atoms with Gasteiger partial charge < -0.3 is 10.5 Å². The van der Waals surface area contributed by atoms with Crippen molar-refractivity contribution in [3.8, 4) is 0 Å². The van der Waals surface area contributed by atoms with Crippen LogP contribution >= 0.6 is 0 Å². The third-order valence-corrected chi connectivity index (χ3v) is 5.66. The molecule has 4 saturated carbocycles. The molecule has 0 spiro atoms. The quantitative estimate of drug-likeness (QED) is 0.743. The van der Waals surface area contributed by atoms with Gasteiger partial charge in [0.2, 0.25) is 0 Å². The first kappa shape index (κ1) is 13.1. The Hall–Kier alpha value is -1.55. The zero-order chi connectivity index (χ0) is 14.4. The van der Waals surface area contributed by atoms with Crippen LogP contribution < -0.4 is 10.9 Å². The second-order valence-electron chi connectivity index (χ2n) is 7.30. The lowest BCUT2D eigenvalue weighted by atomic mass is 9.53. The summed E-state index contributed by atoms with van der Waals surface area (Å²) >= 11 is 0. The maximum absolute atomic E-state index is 11.3. The second-order valence-corrected chi connectivity index (χ2v) is 7.30. The average Bonchev–Trinajstić information content (AvgIpc) is 2.44. The van der Waals surface area contributed by atoms with Gasteiger partial charge in [-0.15, -0.1) is 0 Å². The Kier molecular flexibility index (Phi) is 2.96. The molecule has 4 aliphatic carbocycles. The molecule has 4 aliphatic rings. The molecule has 0 heterocycles. The van der Waals surface area contributed by atoms with Crippen LogP contribution in [0.4, 0.5) is 5.69 Å². The fourth-order valence-corrected chi connectivity index (χ4v) is 5.24. The van der Waals surface area contributed by atoms with E-state index in [1.165, 1.54) is 38.5 Å². The number of carboxylic acids is 1. The van der Waals surface area contributed by atoms with Crippen molar-refractivity contribution in [1.82, 2.24) is 5.43 Å². The van der Waals surface area contributed by atoms with Gasteiger partial charge >= 0.3 is 5.97 Å². The van der Waals surface area contributed by atoms with Gasteiger partial charge in [-0.25, -0.2) is 10.2 Å². The SMILES string of the molecule is O=C(O)c1ccccc1NNC12CC3CC(CC(C3)C1)C2. The summed E-state index contributed by atoms with van der Waals surface area (Å²) < 4.78 is 0. The number of aromatic carboxylic acids is 1. The van der Waals surface area contributed by atoms with Crippen molar-refractivity contribution in [2.24, 2.45) is 17.8 Å². The molecule has 1 aromatic rings. The largest absolute Gasteiger partial charge is 0.478 e. The third kappa shape index (κ3) is 2.31. The van der Waals surface area contributed by atoms with Crippen molar-refractivity contribution >= 4 is 11.7 Å². The van der Waals surface area contributed by atoms with Crippen molar-refractivity contribution in [3.63, 3.8) is 0 Å². The van der Waals surface area contributed by atoms with E-state index >= 15 is 0 Å². The molecular formula is C17H22N2O2. The number of nitrogens with one attached hydrogen (secondary N) is 2. The van der Waals surface area contributed by atoms with E-state index in [1.54, 1.807) is 12.1 Å². The van der Waals surface area contributed by atoms with Crippen LogP contribution in [0.3, 0.4) is 0 Å². The van der Waals surface area contributed by atoms with Gasteiger partial charge in [-0.3, -0.25) is 0 Å². The maximum Gasteiger partial charge on any atom is 0.337 e. The average molecular weight is 286 g/mol. The molecule has 0 atom stereocenters. The van der Waals surface area contributed by atoms with Crippen molar-refractivity contribution in [2.45, 2.75) is 44.1 Å². The third-order valence-electron chi connectivity index (χ3n) is 5.66. The lowest BCUT2D eigenvalue weighted by Crippen LogP contribution is -2.59. The fourth-order valence-electron chi connectivity index (χ4n) is 5.24. The van der Waals surface area contributed by atoms with Crippen LogP contribution in [-0.4, -0.2) is 16.6 Å². The molecule has 3 N–H and O–H groups in total. The van der Waals surface area contributed by atoms with Crippen molar-refractivity contribution in [3.05, 3.63) is 29.8 Å². The van der Waals surface area contributed by atoms with Gasteiger partial charge in [0.1, 0.15) is 0 Å². The lowest BCUT2D eigenvalue weighted by molar-refractivity contribution is -0.0160. The van der Waals surface area contributed by atoms with Gasteiger partial charge in [-0.2, -0.15) is 0 Å². The van der Waals surface area contributed by atoms with E-state index < -0.39 is 5.97 Å². The summed E-state index contributed by atoms with van der Waals surface area (Å²) in [5.74, 6) is 1.74. The number of rotatable bonds is 4. The van der Waals surface area contributed by atoms with E-state index in [0.717, 1.165) is 17.8 Å². The minimum atomic E-state index is -0.884. The molecule has 112 valence electrons. The second kappa shape index (κ2) is 4.73. The summed E-state index contributed by atoms with van der Waals surface area (Å²) in [7, 11) is 0. The first-order valence-corrected chi connectivity index (χ1v) is 7.99. The minimum Gasteiger partial charge on any atom is -0.478 e. The van der Waals surface area contributed by atoms with Crippen LogP contribution in [0.25, 0.3) is 0 Å². The van der Waals surface area contributed by atoms with Crippen LogP contribution in [-0.2, 0) is 0 Å². The van der Waals surface area contributed by atoms with Gasteiger partial charge in [-0.1, -0.05) is 12.1 Å². The number of hydrogen-bond acceptors (Lipinski definition) is 3. The summed E-state index contributed by atoms with van der Waals surface area (Å²) in [6.07, 6.45) is 7.94. The smallest absolute Gasteiger partial charge is 0.337 e. The van der Waals surface area contributed by atoms with Crippen LogP contribution in [0.2, 0.25) is 0 Å². The molecule has 4 bridgehead atoms. The maximum atomic E-state index is 11.3. The number of carbonyl (C=O) groups is 1. The predicted octanol–water partition coefficient (Wildman–Crippen LogP) is 3.27. The minimum absolute atomic E-state index is 0.181. The highest BCUT2D eigenvalue weighted by atomic mass is 16.4. The molecule has 4 heteroatoms. The molecule has 4 fully saturated rings. The molecule has 1 aromatic carbocycles. The van der Waals surface area contributed by atoms with Crippen LogP contribution in [0.15, 0.2) is 24.3 Å². The van der Waals surface area contributed by atoms with Crippen LogP contribution in [0.1, 0.15) is 48.9 Å². The molecule has 0 radical (unpaired) electrons. The predicted molar refractivity (Wildman–Crippen MR) is 81.1 cm³/mol. The van der Waals surface area contributed by atoms with Crippen LogP contribution in [0, 0.1) is 17.8 Å². The summed E-state index contributed by atoms with van der Waals surface area (Å²) in [6.45, 7) is 0. The van der Waals surface area contributed by atoms with Gasteiger partial charge in [0.25, 0.3) is 0 Å². The van der Waals surface area contributed by atoms with E-state index in [0.29, 0.717) is 11.3 Å². The first-order chi connectivity index (χ1) is 10.1. The van der Waals surface area contributed by atoms with Crippen molar-refractivity contribution in [2.75, 3.05) is 5.43 Å². The molecule has 0 aromatic heterocycles. The normalized spacial score (nSPS) is 36.7. The molecule has 21 heavy (non-hydrogen) atoms. The van der Waals surface area contributed by atoms with Gasteiger partial charge in [0, 0.05) is 5.54 Å². The highest BCUT2D eigenvalue weighted by molar-refractivity contribution is 5.94. The number of carboxylic acid groups (broad SMARTS) is 1. The molecular weight excluding hydrogens is 264 g/mol. The van der Waals surface area contributed by atoms with Gasteiger partial charge in [0.05, 0.1) is 11.3 Å². The fraction of sp³-hybridized carbons (Fsp3) is 0.588. The Morgan fingerprint density at radius 2 is 1.62 bits per heavy atom. The Bertz CT molecular complexity index is 534. The zero-order valence-corrected chi connectivity index (χ0v) is 12.1. The summed E-state index contributed by atoms with van der Waals surface area (Å²) in [6, 6.07) is 7.11. The number of anilines is 1. The molecule has 0 aliphatic heterocycles. The highest BCUT2D eigenvalue weighted by Crippen LogP contribution is 2.55. The topological polar surface area (TPSA) is 61.4 Å². The standard InChI is InChI=1S/C17H22N2O2/c20-16(21)14-3-1-2-4-15(14)18-19-17-8-11-5-12(9-17)7-13(6-11)10-17/h1-4,11-13,18-19H,5-10H2,(H,20,21). The van der Waals surface area contributed by atoms with E-state index in [1.807, 2.05) is 12.1 Å². The highest BCUT2D eigenvalue weighted by Gasteiger charge is 2.50. The molecule has 5 rings (SSSR count). The Balaban J connectivity index is 1.51. The number of hydrazine groups is 1. The van der Waals surface area contributed by atoms with E-state index in [9.17, 15) is 9.90 Å². The molecule has 0 unspecified atom stereocenters. The summed E-state index contributed by atoms with van der Waals surface area (Å²) in [5, 5.41) is 9.26. The Morgan fingerprint density at radius 1 is 1.05 bits per heavy atom. The number of hydrogen-bond donors (Lipinski definition) is 3. The summed E-state index contributed by atoms with van der Waals surface area (Å²) in [5.41, 5.74) is 7.92. The number of para-hydroxylation sites is 1. The van der Waals surface area contributed by atoms with E-state index in [4.69, 9.17) is 0 Å². The summed E-state index contributed by atoms with van der Waals surface area (Å²) in [4.78, 5) is 11.3. The monoisotopic (exact) mass is 286 g/mol. The van der Waals surface area contributed by atoms with E-state index in [-0.39, 0.29) is 5.54 Å². The van der Waals surface area contributed by atoms with Gasteiger partial charge in [-0.05, 0) is 68.4 Å². The van der Waals surface area contributed by atoms with Gasteiger partial charge in [0.15, 0.2) is 0 Å². The van der Waals surface area contributed by atoms with Crippen LogP contribution in [0.5, 0.6) is 0 Å². The van der Waals surface area contributed by atoms with Crippen molar-refractivity contribution < 1.29 is 9.90 Å². The molecule has 0 amide bonds. The first-order valence-electron chi connectivity index (χ1n) is 7.99. The van der Waals surface area contributed by atoms with Crippen molar-refractivity contribution in [1.29, 1.82) is 0 Å². The Morgan fingerprint density at radius 3 is 2.19 bits per heavy atom. The zero-order valence-electron chi connectivity index (χ0n) is 12.1. The molecule has 4 nitrogen and oxygen atoms in total.